The lowest BCUT2D eigenvalue weighted by atomic mass is 9.99. The predicted molar refractivity (Wildman–Crippen MR) is 355 cm³/mol. The molecule has 482 valence electrons. The molecular formula is C74H133NO8. The van der Waals surface area contributed by atoms with Gasteiger partial charge in [-0.05, 0) is 77.0 Å². The Hall–Kier alpha value is -2.63. The average Bonchev–Trinajstić information content (AvgIpc) is 3.60. The lowest BCUT2D eigenvalue weighted by molar-refractivity contribution is -0.302. The lowest BCUT2D eigenvalue weighted by Gasteiger charge is -2.40. The molecule has 9 heteroatoms. The molecule has 7 atom stereocenters. The summed E-state index contributed by atoms with van der Waals surface area (Å²) in [6.45, 7) is 3.68. The van der Waals surface area contributed by atoms with Crippen LogP contribution in [0.1, 0.15) is 322 Å². The van der Waals surface area contributed by atoms with Crippen LogP contribution in [0.5, 0.6) is 0 Å². The van der Waals surface area contributed by atoms with Crippen LogP contribution in [0.2, 0.25) is 0 Å². The fourth-order valence-electron chi connectivity index (χ4n) is 11.0. The number of hydrogen-bond acceptors (Lipinski definition) is 8. The van der Waals surface area contributed by atoms with Gasteiger partial charge < -0.3 is 40.3 Å². The Labute approximate surface area is 511 Å². The Morgan fingerprint density at radius 1 is 0.422 bits per heavy atom. The number of hydrogen-bond donors (Lipinski definition) is 6. The average molecular weight is 1160 g/mol. The molecule has 0 aromatic rings. The minimum atomic E-state index is -1.58. The molecule has 0 saturated carbocycles. The maximum Gasteiger partial charge on any atom is 0.220 e. The van der Waals surface area contributed by atoms with E-state index in [-0.39, 0.29) is 12.5 Å². The highest BCUT2D eigenvalue weighted by Gasteiger charge is 2.44. The van der Waals surface area contributed by atoms with Gasteiger partial charge in [0.05, 0.1) is 25.4 Å². The maximum absolute atomic E-state index is 13.1. The van der Waals surface area contributed by atoms with Gasteiger partial charge in [0.1, 0.15) is 24.4 Å². The molecule has 1 rings (SSSR count). The SMILES string of the molecule is CC/C=C\C/C=C\C/C=C\C/C=C\C/C=C\CCCCCCCCCCCCCC(=O)NC(COC1OC(CO)C(O)C(O)C1O)C(O)/C=C/CC/C=C/CCCCCCCCCCCCCCCCCCCCCCCCCCCCC. The molecule has 0 aliphatic carbocycles. The van der Waals surface area contributed by atoms with E-state index in [1.807, 2.05) is 6.08 Å². The number of amides is 1. The highest BCUT2D eigenvalue weighted by Crippen LogP contribution is 2.23. The van der Waals surface area contributed by atoms with Gasteiger partial charge in [-0.25, -0.2) is 0 Å². The van der Waals surface area contributed by atoms with Crippen molar-refractivity contribution in [2.24, 2.45) is 0 Å². The van der Waals surface area contributed by atoms with E-state index >= 15 is 0 Å². The van der Waals surface area contributed by atoms with Crippen molar-refractivity contribution in [2.75, 3.05) is 13.2 Å². The largest absolute Gasteiger partial charge is 0.394 e. The molecule has 0 radical (unpaired) electrons. The normalized spacial score (nSPS) is 18.8. The molecule has 1 aliphatic heterocycles. The molecule has 1 heterocycles. The number of ether oxygens (including phenoxy) is 2. The van der Waals surface area contributed by atoms with Crippen LogP contribution in [0.15, 0.2) is 85.1 Å². The fraction of sp³-hybridized carbons (Fsp3) is 0.797. The molecule has 7 unspecified atom stereocenters. The quantitative estimate of drug-likeness (QED) is 0.0261. The first-order valence-corrected chi connectivity index (χ1v) is 35.3. The van der Waals surface area contributed by atoms with E-state index in [4.69, 9.17) is 9.47 Å². The summed E-state index contributed by atoms with van der Waals surface area (Å²) in [7, 11) is 0. The van der Waals surface area contributed by atoms with Crippen molar-refractivity contribution in [1.29, 1.82) is 0 Å². The fourth-order valence-corrected chi connectivity index (χ4v) is 11.0. The van der Waals surface area contributed by atoms with E-state index in [9.17, 15) is 30.3 Å². The highest BCUT2D eigenvalue weighted by atomic mass is 16.7. The Kier molecular flexibility index (Phi) is 59.0. The molecular weight excluding hydrogens is 1030 g/mol. The van der Waals surface area contributed by atoms with Gasteiger partial charge in [-0.2, -0.15) is 0 Å². The van der Waals surface area contributed by atoms with Crippen LogP contribution in [-0.2, 0) is 14.3 Å². The summed E-state index contributed by atoms with van der Waals surface area (Å²) in [5, 5.41) is 54.7. The number of aliphatic hydroxyl groups is 5. The summed E-state index contributed by atoms with van der Waals surface area (Å²) in [4.78, 5) is 13.1. The number of carbonyl (C=O) groups is 1. The van der Waals surface area contributed by atoms with Gasteiger partial charge in [0, 0.05) is 6.42 Å². The van der Waals surface area contributed by atoms with Crippen LogP contribution in [0.4, 0.5) is 0 Å². The number of carbonyl (C=O) groups excluding carboxylic acids is 1. The van der Waals surface area contributed by atoms with Crippen LogP contribution in [0.3, 0.4) is 0 Å². The number of aliphatic hydroxyl groups excluding tert-OH is 5. The second-order valence-electron chi connectivity index (χ2n) is 24.3. The second-order valence-corrected chi connectivity index (χ2v) is 24.3. The van der Waals surface area contributed by atoms with Crippen molar-refractivity contribution < 1.29 is 39.8 Å². The Morgan fingerprint density at radius 2 is 0.759 bits per heavy atom. The molecule has 1 fully saturated rings. The van der Waals surface area contributed by atoms with E-state index in [1.54, 1.807) is 6.08 Å². The molecule has 0 aromatic heterocycles. The van der Waals surface area contributed by atoms with Crippen LogP contribution < -0.4 is 5.32 Å². The Morgan fingerprint density at radius 3 is 1.16 bits per heavy atom. The van der Waals surface area contributed by atoms with Crippen molar-refractivity contribution >= 4 is 5.91 Å². The van der Waals surface area contributed by atoms with Crippen molar-refractivity contribution in [1.82, 2.24) is 5.32 Å². The number of rotatable bonds is 61. The lowest BCUT2D eigenvalue weighted by Crippen LogP contribution is -2.60. The highest BCUT2D eigenvalue weighted by molar-refractivity contribution is 5.76. The van der Waals surface area contributed by atoms with Crippen molar-refractivity contribution in [2.45, 2.75) is 365 Å². The summed E-state index contributed by atoms with van der Waals surface area (Å²) in [6, 6.07) is -0.831. The smallest absolute Gasteiger partial charge is 0.220 e. The maximum atomic E-state index is 13.1. The van der Waals surface area contributed by atoms with E-state index in [2.05, 4.69) is 92.1 Å². The van der Waals surface area contributed by atoms with E-state index in [0.717, 1.165) is 77.0 Å². The summed E-state index contributed by atoms with van der Waals surface area (Å²) < 4.78 is 11.3. The zero-order valence-electron chi connectivity index (χ0n) is 53.9. The van der Waals surface area contributed by atoms with Gasteiger partial charge in [0.2, 0.25) is 5.91 Å². The third-order valence-corrected chi connectivity index (χ3v) is 16.5. The van der Waals surface area contributed by atoms with Crippen molar-refractivity contribution in [3.05, 3.63) is 85.1 Å². The molecule has 1 aliphatic rings. The van der Waals surface area contributed by atoms with E-state index in [0.29, 0.717) is 6.42 Å². The molecule has 0 bridgehead atoms. The van der Waals surface area contributed by atoms with Crippen LogP contribution in [0.25, 0.3) is 0 Å². The topological polar surface area (TPSA) is 149 Å². The van der Waals surface area contributed by atoms with Crippen LogP contribution in [0, 0.1) is 0 Å². The van der Waals surface area contributed by atoms with Crippen molar-refractivity contribution in [3.8, 4) is 0 Å². The van der Waals surface area contributed by atoms with Gasteiger partial charge in [0.15, 0.2) is 6.29 Å². The predicted octanol–water partition coefficient (Wildman–Crippen LogP) is 19.3. The molecule has 0 aromatic carbocycles. The third kappa shape index (κ3) is 51.2. The van der Waals surface area contributed by atoms with Gasteiger partial charge in [-0.3, -0.25) is 4.79 Å². The molecule has 83 heavy (non-hydrogen) atoms. The second kappa shape index (κ2) is 62.4. The first kappa shape index (κ1) is 78.4. The molecule has 0 spiro atoms. The van der Waals surface area contributed by atoms with Gasteiger partial charge in [-0.15, -0.1) is 0 Å². The van der Waals surface area contributed by atoms with Crippen molar-refractivity contribution in [3.63, 3.8) is 0 Å². The van der Waals surface area contributed by atoms with Gasteiger partial charge in [0.25, 0.3) is 0 Å². The van der Waals surface area contributed by atoms with Gasteiger partial charge in [-0.1, -0.05) is 324 Å². The van der Waals surface area contributed by atoms with E-state index in [1.165, 1.54) is 225 Å². The monoisotopic (exact) mass is 1160 g/mol. The molecule has 1 saturated heterocycles. The standard InChI is InChI=1S/C74H133NO8/c1-3-5-7-9-11-13-15-17-19-21-23-25-27-29-31-32-33-34-35-36-38-39-41-43-45-47-49-51-53-55-57-59-61-63-68(77)67(66-82-74-73(81)72(80)71(79)69(65-76)83-74)75-70(78)64-62-60-58-56-54-52-50-48-46-44-42-40-37-30-28-26-24-22-20-18-16-14-12-10-8-6-4-2/h6,8,12,14,18,20,24,26,30,37,53,55,61,63,67-69,71-74,76-77,79-81H,3-5,7,9-11,13,15-17,19,21-23,25,27-29,31-36,38-52,54,56-60,62,64-66H2,1-2H3,(H,75,78)/b8-6-,14-12-,20-18-,26-24-,37-30-,55-53+,63-61+. The molecule has 1 amide bonds. The molecule has 6 N–H and O–H groups in total. The van der Waals surface area contributed by atoms with Crippen LogP contribution >= 0.6 is 0 Å². The first-order chi connectivity index (χ1) is 40.8. The van der Waals surface area contributed by atoms with Gasteiger partial charge >= 0.3 is 0 Å². The minimum absolute atomic E-state index is 0.190. The zero-order valence-corrected chi connectivity index (χ0v) is 53.9. The Balaban J connectivity index is 2.15. The summed E-state index contributed by atoms with van der Waals surface area (Å²) in [5.41, 5.74) is 0. The number of unbranched alkanes of at least 4 members (excludes halogenated alkanes) is 39. The summed E-state index contributed by atoms with van der Waals surface area (Å²) in [6.07, 6.45) is 82.7. The summed E-state index contributed by atoms with van der Waals surface area (Å²) in [5.74, 6) is -0.190. The molecule has 9 nitrogen and oxygen atoms in total. The zero-order chi connectivity index (χ0) is 60.0. The third-order valence-electron chi connectivity index (χ3n) is 16.5. The minimum Gasteiger partial charge on any atom is -0.394 e. The van der Waals surface area contributed by atoms with Crippen LogP contribution in [-0.4, -0.2) is 87.5 Å². The van der Waals surface area contributed by atoms with E-state index < -0.39 is 49.5 Å². The Bertz CT molecular complexity index is 1590. The number of nitrogens with one attached hydrogen (secondary N) is 1. The number of allylic oxidation sites excluding steroid dienone is 13. The first-order valence-electron chi connectivity index (χ1n) is 35.3. The summed E-state index contributed by atoms with van der Waals surface area (Å²) >= 11 is 0.